The van der Waals surface area contributed by atoms with Crippen LogP contribution in [0.4, 0.5) is 0 Å². The molecule has 0 N–H and O–H groups in total. The van der Waals surface area contributed by atoms with Crippen LogP contribution in [0.5, 0.6) is 0 Å². The molecule has 0 saturated heterocycles. The molecule has 4 heteroatoms. The van der Waals surface area contributed by atoms with Crippen LogP contribution in [0.2, 0.25) is 0 Å². The number of aryl methyl sites for hydroxylation is 2. The lowest BCUT2D eigenvalue weighted by molar-refractivity contribution is 0.432. The Hall–Kier alpha value is -1.84. The molecule has 1 heterocycles. The predicted molar refractivity (Wildman–Crippen MR) is 75.6 cm³/mol. The third-order valence-corrected chi connectivity index (χ3v) is 3.45. The zero-order valence-electron chi connectivity index (χ0n) is 11.4. The average Bonchev–Trinajstić information content (AvgIpc) is 2.41. The van der Waals surface area contributed by atoms with Crippen molar-refractivity contribution in [3.05, 3.63) is 44.7 Å². The van der Waals surface area contributed by atoms with Gasteiger partial charge in [0.2, 0.25) is 0 Å². The van der Waals surface area contributed by atoms with Crippen molar-refractivity contribution in [1.29, 1.82) is 0 Å². The Balaban J connectivity index is 2.43. The van der Waals surface area contributed by atoms with E-state index in [2.05, 4.69) is 6.92 Å². The van der Waals surface area contributed by atoms with Crippen molar-refractivity contribution in [3.8, 4) is 0 Å². The molecule has 0 aliphatic heterocycles. The third-order valence-electron chi connectivity index (χ3n) is 3.45. The van der Waals surface area contributed by atoms with Gasteiger partial charge in [-0.2, -0.15) is 0 Å². The second kappa shape index (κ2) is 5.87. The summed E-state index contributed by atoms with van der Waals surface area (Å²) in [5.74, 6) is -0.611. The highest BCUT2D eigenvalue weighted by molar-refractivity contribution is 5.81. The van der Waals surface area contributed by atoms with Crippen LogP contribution in [0.25, 0.3) is 10.9 Å². The van der Waals surface area contributed by atoms with Crippen molar-refractivity contribution < 1.29 is 4.42 Å². The summed E-state index contributed by atoms with van der Waals surface area (Å²) in [6.07, 6.45) is 5.45. The maximum atomic E-state index is 11.9. The van der Waals surface area contributed by atoms with Gasteiger partial charge in [-0.05, 0) is 24.5 Å². The van der Waals surface area contributed by atoms with E-state index in [1.165, 1.54) is 17.4 Å². The SMILES string of the molecule is CCCCCCc1cccc2c1c(=O)oc(=O)n2C. The fourth-order valence-electron chi connectivity index (χ4n) is 2.35. The second-order valence-corrected chi connectivity index (χ2v) is 4.84. The van der Waals surface area contributed by atoms with E-state index in [-0.39, 0.29) is 0 Å². The lowest BCUT2D eigenvalue weighted by Gasteiger charge is -2.07. The molecule has 2 rings (SSSR count). The van der Waals surface area contributed by atoms with Crippen LogP contribution in [0, 0.1) is 0 Å². The van der Waals surface area contributed by atoms with Gasteiger partial charge in [-0.25, -0.2) is 9.59 Å². The van der Waals surface area contributed by atoms with E-state index in [9.17, 15) is 9.59 Å². The molecule has 1 aromatic heterocycles. The molecule has 19 heavy (non-hydrogen) atoms. The normalized spacial score (nSPS) is 11.1. The zero-order chi connectivity index (χ0) is 13.8. The van der Waals surface area contributed by atoms with Crippen LogP contribution >= 0.6 is 0 Å². The quantitative estimate of drug-likeness (QED) is 0.777. The predicted octanol–water partition coefficient (Wildman–Crippen LogP) is 2.61. The van der Waals surface area contributed by atoms with E-state index < -0.39 is 11.4 Å². The first kappa shape index (κ1) is 13.6. The lowest BCUT2D eigenvalue weighted by Crippen LogP contribution is -2.23. The van der Waals surface area contributed by atoms with Crippen LogP contribution < -0.4 is 11.4 Å². The van der Waals surface area contributed by atoms with Crippen molar-refractivity contribution >= 4 is 10.9 Å². The molecular weight excluding hydrogens is 242 g/mol. The van der Waals surface area contributed by atoms with E-state index in [1.807, 2.05) is 12.1 Å². The number of rotatable bonds is 5. The molecule has 0 bridgehead atoms. The molecule has 0 fully saturated rings. The topological polar surface area (TPSA) is 52.2 Å². The Morgan fingerprint density at radius 1 is 1.16 bits per heavy atom. The van der Waals surface area contributed by atoms with E-state index >= 15 is 0 Å². The molecular formula is C15H19NO3. The highest BCUT2D eigenvalue weighted by Gasteiger charge is 2.10. The van der Waals surface area contributed by atoms with Crippen molar-refractivity contribution in [3.63, 3.8) is 0 Å². The number of hydrogen-bond acceptors (Lipinski definition) is 3. The molecule has 0 spiro atoms. The van der Waals surface area contributed by atoms with Crippen LogP contribution in [0.1, 0.15) is 38.2 Å². The number of benzene rings is 1. The zero-order valence-corrected chi connectivity index (χ0v) is 11.4. The van der Waals surface area contributed by atoms with Gasteiger partial charge in [0.1, 0.15) is 0 Å². The summed E-state index contributed by atoms with van der Waals surface area (Å²) in [5, 5.41) is 0.543. The fourth-order valence-corrected chi connectivity index (χ4v) is 2.35. The first-order valence-corrected chi connectivity index (χ1v) is 6.77. The minimum atomic E-state index is -0.611. The number of fused-ring (bicyclic) bond motifs is 1. The van der Waals surface area contributed by atoms with Crippen molar-refractivity contribution in [1.82, 2.24) is 4.57 Å². The van der Waals surface area contributed by atoms with Gasteiger partial charge < -0.3 is 4.42 Å². The molecule has 0 unspecified atom stereocenters. The van der Waals surface area contributed by atoms with Gasteiger partial charge >= 0.3 is 11.4 Å². The van der Waals surface area contributed by atoms with Gasteiger partial charge in [0.05, 0.1) is 10.9 Å². The summed E-state index contributed by atoms with van der Waals surface area (Å²) in [4.78, 5) is 23.3. The fraction of sp³-hybridized carbons (Fsp3) is 0.467. The van der Waals surface area contributed by atoms with Crippen LogP contribution in [0.15, 0.2) is 32.2 Å². The number of nitrogens with zero attached hydrogens (tertiary/aromatic N) is 1. The average molecular weight is 261 g/mol. The molecule has 0 atom stereocenters. The molecule has 2 aromatic rings. The summed E-state index contributed by atoms with van der Waals surface area (Å²) in [7, 11) is 1.62. The van der Waals surface area contributed by atoms with E-state index in [1.54, 1.807) is 13.1 Å². The van der Waals surface area contributed by atoms with Crippen molar-refractivity contribution in [2.45, 2.75) is 39.0 Å². The molecule has 1 aromatic carbocycles. The van der Waals surface area contributed by atoms with Crippen molar-refractivity contribution in [2.24, 2.45) is 7.05 Å². The molecule has 102 valence electrons. The molecule has 0 radical (unpaired) electrons. The Labute approximate surface area is 111 Å². The monoisotopic (exact) mass is 261 g/mol. The Bertz CT molecular complexity index is 682. The maximum absolute atomic E-state index is 11.9. The first-order chi connectivity index (χ1) is 9.15. The second-order valence-electron chi connectivity index (χ2n) is 4.84. The minimum Gasteiger partial charge on any atom is -0.372 e. The van der Waals surface area contributed by atoms with Crippen LogP contribution in [-0.2, 0) is 13.5 Å². The molecule has 0 aliphatic rings. The standard InChI is InChI=1S/C15H19NO3/c1-3-4-5-6-8-11-9-7-10-12-13(11)14(17)19-15(18)16(12)2/h7,9-10H,3-6,8H2,1-2H3. The van der Waals surface area contributed by atoms with Gasteiger partial charge in [-0.1, -0.05) is 38.3 Å². The molecule has 0 amide bonds. The summed E-state index contributed by atoms with van der Waals surface area (Å²) < 4.78 is 6.12. The summed E-state index contributed by atoms with van der Waals surface area (Å²) >= 11 is 0. The molecule has 0 saturated carbocycles. The van der Waals surface area contributed by atoms with Gasteiger partial charge in [0.25, 0.3) is 0 Å². The third kappa shape index (κ3) is 2.78. The largest absolute Gasteiger partial charge is 0.422 e. The molecule has 4 nitrogen and oxygen atoms in total. The van der Waals surface area contributed by atoms with Gasteiger partial charge in [0.15, 0.2) is 0 Å². The highest BCUT2D eigenvalue weighted by Crippen LogP contribution is 2.16. The Kier molecular flexibility index (Phi) is 4.20. The number of hydrogen-bond donors (Lipinski definition) is 0. The van der Waals surface area contributed by atoms with Crippen LogP contribution in [-0.4, -0.2) is 4.57 Å². The lowest BCUT2D eigenvalue weighted by atomic mass is 10.0. The number of aromatic nitrogens is 1. The van der Waals surface area contributed by atoms with Crippen LogP contribution in [0.3, 0.4) is 0 Å². The van der Waals surface area contributed by atoms with E-state index in [0.717, 1.165) is 24.8 Å². The first-order valence-electron chi connectivity index (χ1n) is 6.77. The van der Waals surface area contributed by atoms with Gasteiger partial charge in [-0.3, -0.25) is 4.57 Å². The highest BCUT2D eigenvalue weighted by atomic mass is 16.4. The summed E-state index contributed by atoms with van der Waals surface area (Å²) in [6, 6.07) is 5.61. The van der Waals surface area contributed by atoms with E-state index in [4.69, 9.17) is 4.42 Å². The Morgan fingerprint density at radius 3 is 2.68 bits per heavy atom. The van der Waals surface area contributed by atoms with Gasteiger partial charge in [-0.15, -0.1) is 0 Å². The smallest absolute Gasteiger partial charge is 0.372 e. The van der Waals surface area contributed by atoms with Crippen molar-refractivity contribution in [2.75, 3.05) is 0 Å². The Morgan fingerprint density at radius 2 is 1.95 bits per heavy atom. The van der Waals surface area contributed by atoms with E-state index in [0.29, 0.717) is 10.9 Å². The summed E-state index contributed by atoms with van der Waals surface area (Å²) in [6.45, 7) is 2.17. The molecule has 0 aliphatic carbocycles. The minimum absolute atomic E-state index is 0.524. The number of unbranched alkanes of at least 4 members (excludes halogenated alkanes) is 3. The van der Waals surface area contributed by atoms with Gasteiger partial charge in [0, 0.05) is 7.05 Å². The maximum Gasteiger partial charge on any atom is 0.422 e. The summed E-state index contributed by atoms with van der Waals surface area (Å²) in [5.41, 5.74) is 1.09.